The lowest BCUT2D eigenvalue weighted by Crippen LogP contribution is -2.35. The summed E-state index contributed by atoms with van der Waals surface area (Å²) in [5, 5.41) is 39.5. The van der Waals surface area contributed by atoms with Crippen LogP contribution >= 0.6 is 0 Å². The minimum atomic E-state index is -0.646. The predicted molar refractivity (Wildman–Crippen MR) is 139 cm³/mol. The highest BCUT2D eigenvalue weighted by Gasteiger charge is 2.54. The molecule has 6 heteroatoms. The van der Waals surface area contributed by atoms with Gasteiger partial charge >= 0.3 is 0 Å². The van der Waals surface area contributed by atoms with Gasteiger partial charge in [-0.15, -0.1) is 10.2 Å². The molecular weight excluding hydrogens is 452 g/mol. The van der Waals surface area contributed by atoms with Gasteiger partial charge in [0.25, 0.3) is 0 Å². The number of aliphatic hydroxyl groups excluding tert-OH is 3. The first-order chi connectivity index (χ1) is 17.1. The second kappa shape index (κ2) is 9.70. The third-order valence-electron chi connectivity index (χ3n) is 9.84. The summed E-state index contributed by atoms with van der Waals surface area (Å²) in [6.07, 6.45) is 15.4. The predicted octanol–water partition coefficient (Wildman–Crippen LogP) is 5.10. The first-order valence-corrected chi connectivity index (χ1v) is 13.8. The fourth-order valence-electron chi connectivity index (χ4n) is 7.48. The van der Waals surface area contributed by atoms with E-state index in [9.17, 15) is 15.3 Å². The Kier molecular flexibility index (Phi) is 6.90. The van der Waals surface area contributed by atoms with E-state index < -0.39 is 23.7 Å². The molecule has 4 aliphatic rings. The maximum atomic E-state index is 11.0. The molecule has 4 saturated carbocycles. The molecule has 0 spiro atoms. The smallest absolute Gasteiger partial charge is 0.225 e. The van der Waals surface area contributed by atoms with Gasteiger partial charge in [0.1, 0.15) is 0 Å². The van der Waals surface area contributed by atoms with E-state index in [0.29, 0.717) is 42.4 Å². The van der Waals surface area contributed by atoms with Crippen LogP contribution in [-0.4, -0.2) is 43.8 Å². The second-order valence-electron chi connectivity index (χ2n) is 12.1. The van der Waals surface area contributed by atoms with Gasteiger partial charge in [-0.25, -0.2) is 0 Å². The minimum absolute atomic E-state index is 0.237. The van der Waals surface area contributed by atoms with Crippen molar-refractivity contribution in [1.82, 2.24) is 10.2 Å². The molecule has 4 aliphatic carbocycles. The third kappa shape index (κ3) is 4.57. The van der Waals surface area contributed by atoms with E-state index >= 15 is 0 Å². The van der Waals surface area contributed by atoms with E-state index in [1.165, 1.54) is 31.3 Å². The summed E-state index contributed by atoms with van der Waals surface area (Å²) in [6, 6.07) is 0. The third-order valence-corrected chi connectivity index (χ3v) is 9.84. The number of hydrogen-bond acceptors (Lipinski definition) is 6. The van der Waals surface area contributed by atoms with Gasteiger partial charge in [-0.1, -0.05) is 50.3 Å². The summed E-state index contributed by atoms with van der Waals surface area (Å²) >= 11 is 0. The Labute approximate surface area is 214 Å². The molecule has 4 fully saturated rings. The van der Waals surface area contributed by atoms with E-state index in [0.717, 1.165) is 30.4 Å². The summed E-state index contributed by atoms with van der Waals surface area (Å²) < 4.78 is 5.66. The molecule has 0 amide bonds. The van der Waals surface area contributed by atoms with Gasteiger partial charge in [-0.3, -0.25) is 0 Å². The standard InChI is InChI=1S/C30H42N2O4/c1-18(7-12-27(35)30(14-15-30)28-32-31-20(3)36-28)24-10-11-25-21(6-5-13-29(24,25)4)8-9-22-16-23(33)17-26(34)19(22)2/h7-9,12,18,23-27,33-35H,2,5-6,10-11,13-17H2,1,3-4H3/b12-7+,21-8+,22-9-/t18-,23-,24-,25+,26+,27-,29-/m1/s1. The van der Waals surface area contributed by atoms with Crippen molar-refractivity contribution >= 4 is 0 Å². The SMILES string of the molecule is C=C1/C(=C\C=C2/CCC[C@]3(C)[C@@H]([C@H](C)/C=C/[C@@H](O)C4(c5nnc(C)o5)CC4)CC[C@@H]23)C[C@@H](O)C[C@@H]1O. The Morgan fingerprint density at radius 1 is 1.11 bits per heavy atom. The molecule has 1 aromatic heterocycles. The highest BCUT2D eigenvalue weighted by molar-refractivity contribution is 5.38. The minimum Gasteiger partial charge on any atom is -0.425 e. The first kappa shape index (κ1) is 25.6. The summed E-state index contributed by atoms with van der Waals surface area (Å²) in [5.41, 5.74) is 3.06. The Balaban J connectivity index is 1.29. The van der Waals surface area contributed by atoms with Gasteiger partial charge < -0.3 is 19.7 Å². The summed E-state index contributed by atoms with van der Waals surface area (Å²) in [6.45, 7) is 10.6. The van der Waals surface area contributed by atoms with Crippen molar-refractivity contribution in [3.63, 3.8) is 0 Å². The molecule has 1 aromatic rings. The zero-order chi connectivity index (χ0) is 25.7. The molecular formula is C30H42N2O4. The molecule has 0 bridgehead atoms. The first-order valence-electron chi connectivity index (χ1n) is 13.8. The van der Waals surface area contributed by atoms with Crippen molar-refractivity contribution < 1.29 is 19.7 Å². The average Bonchev–Trinajstić information content (AvgIpc) is 3.41. The van der Waals surface area contributed by atoms with Crippen LogP contribution < -0.4 is 0 Å². The Morgan fingerprint density at radius 3 is 2.58 bits per heavy atom. The van der Waals surface area contributed by atoms with Crippen molar-refractivity contribution in [2.24, 2.45) is 23.2 Å². The molecule has 0 aliphatic heterocycles. The van der Waals surface area contributed by atoms with Crippen molar-refractivity contribution in [3.05, 3.63) is 59.4 Å². The Bertz CT molecular complexity index is 1080. The second-order valence-corrected chi connectivity index (χ2v) is 12.1. The Hall–Kier alpha value is -2.02. The topological polar surface area (TPSA) is 99.6 Å². The van der Waals surface area contributed by atoms with Gasteiger partial charge in [0.2, 0.25) is 11.8 Å². The van der Waals surface area contributed by atoms with Crippen LogP contribution in [0.3, 0.4) is 0 Å². The lowest BCUT2D eigenvalue weighted by Gasteiger charge is -2.44. The van der Waals surface area contributed by atoms with E-state index in [4.69, 9.17) is 4.42 Å². The van der Waals surface area contributed by atoms with E-state index in [1.807, 2.05) is 6.08 Å². The molecule has 0 unspecified atom stereocenters. The molecule has 196 valence electrons. The molecule has 0 saturated heterocycles. The van der Waals surface area contributed by atoms with E-state index in [2.05, 4.69) is 48.9 Å². The van der Waals surface area contributed by atoms with Gasteiger partial charge in [-0.05, 0) is 85.7 Å². The van der Waals surface area contributed by atoms with Crippen LogP contribution in [0.25, 0.3) is 0 Å². The number of rotatable bonds is 6. The quantitative estimate of drug-likeness (QED) is 0.476. The summed E-state index contributed by atoms with van der Waals surface area (Å²) in [7, 11) is 0. The number of fused-ring (bicyclic) bond motifs is 1. The molecule has 6 nitrogen and oxygen atoms in total. The maximum Gasteiger partial charge on any atom is 0.225 e. The van der Waals surface area contributed by atoms with Crippen LogP contribution in [0.5, 0.6) is 0 Å². The van der Waals surface area contributed by atoms with Crippen LogP contribution in [0.15, 0.2) is 52.0 Å². The molecule has 1 heterocycles. The number of nitrogens with zero attached hydrogens (tertiary/aromatic N) is 2. The van der Waals surface area contributed by atoms with Gasteiger partial charge in [0, 0.05) is 13.3 Å². The average molecular weight is 495 g/mol. The van der Waals surface area contributed by atoms with Crippen LogP contribution in [0.1, 0.15) is 83.4 Å². The maximum absolute atomic E-state index is 11.0. The number of aliphatic hydroxyl groups is 3. The monoisotopic (exact) mass is 494 g/mol. The summed E-state index contributed by atoms with van der Waals surface area (Å²) in [5.74, 6) is 2.60. The van der Waals surface area contributed by atoms with Crippen LogP contribution in [-0.2, 0) is 5.41 Å². The lowest BCUT2D eigenvalue weighted by molar-refractivity contribution is 0.0862. The summed E-state index contributed by atoms with van der Waals surface area (Å²) in [4.78, 5) is 0. The van der Waals surface area contributed by atoms with Gasteiger partial charge in [0.15, 0.2) is 0 Å². The van der Waals surface area contributed by atoms with Crippen molar-refractivity contribution in [2.75, 3.05) is 0 Å². The van der Waals surface area contributed by atoms with E-state index in [1.54, 1.807) is 6.92 Å². The van der Waals surface area contributed by atoms with Gasteiger partial charge in [-0.2, -0.15) is 0 Å². The number of hydrogen-bond donors (Lipinski definition) is 3. The fourth-order valence-corrected chi connectivity index (χ4v) is 7.48. The normalized spacial score (nSPS) is 38.0. The molecule has 5 rings (SSSR count). The van der Waals surface area contributed by atoms with Crippen LogP contribution in [0, 0.1) is 30.1 Å². The van der Waals surface area contributed by atoms with Crippen LogP contribution in [0.4, 0.5) is 0 Å². The lowest BCUT2D eigenvalue weighted by atomic mass is 9.61. The molecule has 36 heavy (non-hydrogen) atoms. The highest BCUT2D eigenvalue weighted by atomic mass is 16.4. The van der Waals surface area contributed by atoms with Crippen molar-refractivity contribution in [2.45, 2.75) is 102 Å². The zero-order valence-electron chi connectivity index (χ0n) is 22.0. The number of aryl methyl sites for hydroxylation is 1. The number of allylic oxidation sites excluding steroid dienone is 4. The Morgan fingerprint density at radius 2 is 1.89 bits per heavy atom. The van der Waals surface area contributed by atoms with Crippen LogP contribution in [0.2, 0.25) is 0 Å². The molecule has 0 radical (unpaired) electrons. The molecule has 7 atom stereocenters. The zero-order valence-corrected chi connectivity index (χ0v) is 22.0. The highest BCUT2D eigenvalue weighted by Crippen LogP contribution is 2.59. The van der Waals surface area contributed by atoms with E-state index in [-0.39, 0.29) is 5.41 Å². The molecule has 3 N–H and O–H groups in total. The fraction of sp³-hybridized carbons (Fsp3) is 0.667. The van der Waals surface area contributed by atoms with Gasteiger partial charge in [0.05, 0.1) is 23.7 Å². The molecule has 0 aromatic carbocycles. The largest absolute Gasteiger partial charge is 0.425 e. The van der Waals surface area contributed by atoms with Crippen molar-refractivity contribution in [3.8, 4) is 0 Å². The number of aromatic nitrogens is 2. The van der Waals surface area contributed by atoms with Crippen molar-refractivity contribution in [1.29, 1.82) is 0 Å².